The number of aromatic amines is 1. The van der Waals surface area contributed by atoms with Gasteiger partial charge in [-0.15, -0.1) is 0 Å². The van der Waals surface area contributed by atoms with Gasteiger partial charge in [-0.3, -0.25) is 4.79 Å². The maximum atomic E-state index is 12.2. The highest BCUT2D eigenvalue weighted by Crippen LogP contribution is 2.12. The van der Waals surface area contributed by atoms with Crippen molar-refractivity contribution < 1.29 is 9.53 Å². The Hall–Kier alpha value is -1.62. The Balaban J connectivity index is 2.35. The van der Waals surface area contributed by atoms with E-state index in [1.165, 1.54) is 6.20 Å². The predicted molar refractivity (Wildman–Crippen MR) is 67.6 cm³/mol. The highest BCUT2D eigenvalue weighted by Gasteiger charge is 2.23. The lowest BCUT2D eigenvalue weighted by molar-refractivity contribution is 0.00674. The van der Waals surface area contributed by atoms with Crippen LogP contribution in [0.5, 0.6) is 0 Å². The third kappa shape index (κ3) is 2.61. The van der Waals surface area contributed by atoms with Gasteiger partial charge in [0.25, 0.3) is 0 Å². The smallest absolute Gasteiger partial charge is 0.344 e. The molecule has 1 aliphatic heterocycles. The van der Waals surface area contributed by atoms with Crippen LogP contribution in [0.3, 0.4) is 0 Å². The van der Waals surface area contributed by atoms with E-state index in [9.17, 15) is 9.59 Å². The van der Waals surface area contributed by atoms with Gasteiger partial charge in [-0.2, -0.15) is 0 Å². The van der Waals surface area contributed by atoms with Gasteiger partial charge in [0.15, 0.2) is 0 Å². The topological polar surface area (TPSA) is 71.2 Å². The monoisotopic (exact) mass is 250 g/mol. The first-order valence-electron chi connectivity index (χ1n) is 6.06. The number of ether oxygens (including phenoxy) is 1. The number of hydrogen-bond acceptors (Lipinski definition) is 4. The van der Waals surface area contributed by atoms with Gasteiger partial charge < -0.3 is 15.0 Å². The van der Waals surface area contributed by atoms with Crippen molar-refractivity contribution in [1.29, 1.82) is 0 Å². The van der Waals surface area contributed by atoms with Gasteiger partial charge in [0.05, 0.1) is 0 Å². The summed E-state index contributed by atoms with van der Waals surface area (Å²) >= 11 is 0. The average Bonchev–Trinajstić information content (AvgIpc) is 2.27. The molecule has 0 aliphatic carbocycles. The zero-order valence-corrected chi connectivity index (χ0v) is 10.9. The molecule has 0 atom stereocenters. The quantitative estimate of drug-likeness (QED) is 0.729. The Morgan fingerprint density at radius 3 is 2.78 bits per heavy atom. The van der Waals surface area contributed by atoms with E-state index >= 15 is 0 Å². The fourth-order valence-corrected chi connectivity index (χ4v) is 1.93. The van der Waals surface area contributed by atoms with E-state index in [4.69, 9.17) is 4.74 Å². The molecule has 2 heterocycles. The maximum Gasteiger partial charge on any atom is 0.344 e. The molecular weight excluding hydrogens is 232 g/mol. The molecule has 5 heteroatoms. The van der Waals surface area contributed by atoms with Crippen LogP contribution in [-0.4, -0.2) is 23.1 Å². The zero-order valence-electron chi connectivity index (χ0n) is 10.9. The number of esters is 1. The molecule has 0 saturated carbocycles. The van der Waals surface area contributed by atoms with Gasteiger partial charge in [-0.1, -0.05) is 0 Å². The molecule has 0 amide bonds. The van der Waals surface area contributed by atoms with Crippen molar-refractivity contribution in [3.8, 4) is 0 Å². The van der Waals surface area contributed by atoms with Crippen molar-refractivity contribution in [1.82, 2.24) is 10.3 Å². The van der Waals surface area contributed by atoms with E-state index in [0.717, 1.165) is 18.7 Å². The van der Waals surface area contributed by atoms with Crippen molar-refractivity contribution >= 4 is 5.97 Å². The molecule has 98 valence electrons. The fraction of sp³-hybridized carbons (Fsp3) is 0.538. The van der Waals surface area contributed by atoms with Crippen molar-refractivity contribution in [3.05, 3.63) is 33.2 Å². The van der Waals surface area contributed by atoms with E-state index in [-0.39, 0.29) is 11.0 Å². The lowest BCUT2D eigenvalue weighted by atomic mass is 10.0. The van der Waals surface area contributed by atoms with Gasteiger partial charge in [-0.25, -0.2) is 4.79 Å². The van der Waals surface area contributed by atoms with E-state index in [0.29, 0.717) is 12.1 Å². The normalized spacial score (nSPS) is 15.1. The van der Waals surface area contributed by atoms with Gasteiger partial charge in [-0.05, 0) is 20.8 Å². The van der Waals surface area contributed by atoms with Crippen LogP contribution in [0.4, 0.5) is 0 Å². The van der Waals surface area contributed by atoms with Crippen LogP contribution in [0.2, 0.25) is 0 Å². The fourth-order valence-electron chi connectivity index (χ4n) is 1.93. The number of pyridine rings is 1. The second kappa shape index (κ2) is 4.57. The molecule has 1 aliphatic rings. The summed E-state index contributed by atoms with van der Waals surface area (Å²) in [4.78, 5) is 27.1. The number of hydrogen-bond donors (Lipinski definition) is 2. The predicted octanol–water partition coefficient (Wildman–Crippen LogP) is 0.976. The van der Waals surface area contributed by atoms with Crippen LogP contribution < -0.4 is 10.7 Å². The molecular formula is C13H18N2O3. The summed E-state index contributed by atoms with van der Waals surface area (Å²) in [6, 6.07) is 0. The van der Waals surface area contributed by atoms with Crippen molar-refractivity contribution in [2.45, 2.75) is 39.3 Å². The molecule has 0 bridgehead atoms. The molecule has 1 aromatic heterocycles. The van der Waals surface area contributed by atoms with Crippen molar-refractivity contribution in [2.75, 3.05) is 6.54 Å². The first-order chi connectivity index (χ1) is 8.38. The summed E-state index contributed by atoms with van der Waals surface area (Å²) in [5.74, 6) is -0.572. The molecule has 0 spiro atoms. The van der Waals surface area contributed by atoms with E-state index in [1.807, 2.05) is 0 Å². The summed E-state index contributed by atoms with van der Waals surface area (Å²) in [5, 5.41) is 3.12. The summed E-state index contributed by atoms with van der Waals surface area (Å²) in [6.07, 6.45) is 2.24. The number of nitrogens with one attached hydrogen (secondary N) is 2. The van der Waals surface area contributed by atoms with Gasteiger partial charge in [0.2, 0.25) is 5.43 Å². The van der Waals surface area contributed by atoms with Crippen LogP contribution in [0.25, 0.3) is 0 Å². The number of carbonyl (C=O) groups excluding carboxylic acids is 1. The lowest BCUT2D eigenvalue weighted by Crippen LogP contribution is -2.34. The van der Waals surface area contributed by atoms with E-state index in [1.54, 1.807) is 20.8 Å². The minimum Gasteiger partial charge on any atom is -0.456 e. The molecule has 18 heavy (non-hydrogen) atoms. The summed E-state index contributed by atoms with van der Waals surface area (Å²) in [6.45, 7) is 6.67. The molecule has 1 aromatic rings. The number of aromatic nitrogens is 1. The summed E-state index contributed by atoms with van der Waals surface area (Å²) < 4.78 is 5.22. The number of rotatable bonds is 1. The largest absolute Gasteiger partial charge is 0.456 e. The zero-order chi connectivity index (χ0) is 13.3. The Kier molecular flexibility index (Phi) is 3.26. The van der Waals surface area contributed by atoms with Gasteiger partial charge in [0, 0.05) is 37.0 Å². The number of carbonyl (C=O) groups is 1. The number of H-pyrrole nitrogens is 1. The minimum absolute atomic E-state index is 0.0763. The highest BCUT2D eigenvalue weighted by molar-refractivity contribution is 5.89. The molecule has 2 rings (SSSR count). The van der Waals surface area contributed by atoms with Gasteiger partial charge >= 0.3 is 5.97 Å². The Bertz CT molecular complexity index is 526. The SMILES string of the molecule is CC(C)(C)OC(=O)c1c[nH]c2c(c1=O)CNCC2. The first-order valence-corrected chi connectivity index (χ1v) is 6.06. The van der Waals surface area contributed by atoms with Crippen LogP contribution in [0.15, 0.2) is 11.0 Å². The standard InChI is InChI=1S/C13H18N2O3/c1-13(2,3)18-12(17)9-7-15-10-4-5-14-6-8(10)11(9)16/h7,14H,4-6H2,1-3H3,(H,15,16). The van der Waals surface area contributed by atoms with Crippen molar-refractivity contribution in [3.63, 3.8) is 0 Å². The molecule has 0 unspecified atom stereocenters. The number of fused-ring (bicyclic) bond motifs is 1. The van der Waals surface area contributed by atoms with E-state index in [2.05, 4.69) is 10.3 Å². The summed E-state index contributed by atoms with van der Waals surface area (Å²) in [7, 11) is 0. The Morgan fingerprint density at radius 2 is 2.11 bits per heavy atom. The van der Waals surface area contributed by atoms with Crippen molar-refractivity contribution in [2.24, 2.45) is 0 Å². The lowest BCUT2D eigenvalue weighted by Gasteiger charge is -2.20. The highest BCUT2D eigenvalue weighted by atomic mass is 16.6. The maximum absolute atomic E-state index is 12.2. The molecule has 0 fully saturated rings. The van der Waals surface area contributed by atoms with E-state index < -0.39 is 11.6 Å². The average molecular weight is 250 g/mol. The van der Waals surface area contributed by atoms with Gasteiger partial charge in [0.1, 0.15) is 11.2 Å². The van der Waals surface area contributed by atoms with Crippen LogP contribution in [-0.2, 0) is 17.7 Å². The molecule has 0 radical (unpaired) electrons. The third-order valence-electron chi connectivity index (χ3n) is 2.75. The minimum atomic E-state index is -0.600. The van der Waals surface area contributed by atoms with Crippen LogP contribution >= 0.6 is 0 Å². The third-order valence-corrected chi connectivity index (χ3v) is 2.75. The molecule has 0 aromatic carbocycles. The Labute approximate surface area is 106 Å². The Morgan fingerprint density at radius 1 is 1.39 bits per heavy atom. The second-order valence-electron chi connectivity index (χ2n) is 5.42. The summed E-state index contributed by atoms with van der Waals surface area (Å²) in [5.41, 5.74) is 0.797. The second-order valence-corrected chi connectivity index (χ2v) is 5.42. The first kappa shape index (κ1) is 12.8. The van der Waals surface area contributed by atoms with Crippen LogP contribution in [0, 0.1) is 0 Å². The van der Waals surface area contributed by atoms with Crippen LogP contribution in [0.1, 0.15) is 42.4 Å². The molecule has 0 saturated heterocycles. The molecule has 5 nitrogen and oxygen atoms in total. The molecule has 2 N–H and O–H groups in total.